The van der Waals surface area contributed by atoms with Crippen LogP contribution in [0.5, 0.6) is 0 Å². The Bertz CT molecular complexity index is 509. The summed E-state index contributed by atoms with van der Waals surface area (Å²) in [6.07, 6.45) is 43.1. The number of carbonyl (C=O) groups is 1. The topological polar surface area (TPSA) is 34.1 Å². The molecule has 0 aromatic carbocycles. The van der Waals surface area contributed by atoms with Crippen molar-refractivity contribution >= 4 is 12.1 Å². The first kappa shape index (κ1) is 37.1. The van der Waals surface area contributed by atoms with Crippen molar-refractivity contribution in [3.8, 4) is 0 Å². The van der Waals surface area contributed by atoms with Crippen LogP contribution < -0.4 is 0 Å². The number of allylic oxidation sites excluding steroid dienone is 2. The highest BCUT2D eigenvalue weighted by molar-refractivity contribution is 5.93. The summed E-state index contributed by atoms with van der Waals surface area (Å²) in [5.74, 6) is -0.337. The minimum atomic E-state index is -0.468. The van der Waals surface area contributed by atoms with Gasteiger partial charge in [-0.15, -0.1) is 0 Å². The summed E-state index contributed by atoms with van der Waals surface area (Å²) in [4.78, 5) is 23.7. The highest BCUT2D eigenvalue weighted by Gasteiger charge is 2.17. The Hall–Kier alpha value is -0.920. The molecule has 0 saturated carbocycles. The van der Waals surface area contributed by atoms with E-state index >= 15 is 0 Å². The SMILES string of the molecule is CCCCCCCC/C=C\CCCCCCCC(=O)C([C]=O)CCCCCCCCCCCCCCCC. The van der Waals surface area contributed by atoms with Crippen LogP contribution >= 0.6 is 0 Å². The van der Waals surface area contributed by atoms with E-state index in [1.165, 1.54) is 148 Å². The smallest absolute Gasteiger partial charge is 0.209 e. The van der Waals surface area contributed by atoms with Crippen LogP contribution in [0.25, 0.3) is 0 Å². The largest absolute Gasteiger partial charge is 0.299 e. The average molecular weight is 532 g/mol. The van der Waals surface area contributed by atoms with Crippen molar-refractivity contribution < 1.29 is 9.59 Å². The van der Waals surface area contributed by atoms with Crippen LogP contribution in [-0.2, 0) is 9.59 Å². The molecule has 0 fully saturated rings. The van der Waals surface area contributed by atoms with Crippen LogP contribution in [0.1, 0.15) is 200 Å². The Kier molecular flexibility index (Phi) is 31.5. The average Bonchev–Trinajstić information content (AvgIpc) is 2.93. The van der Waals surface area contributed by atoms with Crippen molar-refractivity contribution in [2.24, 2.45) is 5.92 Å². The van der Waals surface area contributed by atoms with E-state index in [1.807, 2.05) is 6.29 Å². The molecule has 1 unspecified atom stereocenters. The number of hydrogen-bond donors (Lipinski definition) is 0. The summed E-state index contributed by atoms with van der Waals surface area (Å²) in [5.41, 5.74) is 0. The molecule has 0 saturated heterocycles. The zero-order valence-corrected chi connectivity index (χ0v) is 26.1. The van der Waals surface area contributed by atoms with Crippen molar-refractivity contribution in [2.75, 3.05) is 0 Å². The Balaban J connectivity index is 3.46. The van der Waals surface area contributed by atoms with Gasteiger partial charge in [0.1, 0.15) is 5.78 Å². The second-order valence-corrected chi connectivity index (χ2v) is 11.9. The van der Waals surface area contributed by atoms with Gasteiger partial charge in [0.25, 0.3) is 0 Å². The van der Waals surface area contributed by atoms with Crippen molar-refractivity contribution in [3.05, 3.63) is 12.2 Å². The molecule has 2 nitrogen and oxygen atoms in total. The molecule has 0 aliphatic rings. The van der Waals surface area contributed by atoms with Crippen LogP contribution in [-0.4, -0.2) is 12.1 Å². The van der Waals surface area contributed by atoms with Gasteiger partial charge in [-0.1, -0.05) is 167 Å². The molecule has 1 radical (unpaired) electrons. The predicted molar refractivity (Wildman–Crippen MR) is 169 cm³/mol. The van der Waals surface area contributed by atoms with Gasteiger partial charge in [0.2, 0.25) is 6.29 Å². The van der Waals surface area contributed by atoms with Gasteiger partial charge in [-0.2, -0.15) is 0 Å². The van der Waals surface area contributed by atoms with Gasteiger partial charge in [0.05, 0.1) is 5.92 Å². The van der Waals surface area contributed by atoms with Crippen LogP contribution in [0.4, 0.5) is 0 Å². The fourth-order valence-electron chi connectivity index (χ4n) is 5.37. The summed E-state index contributed by atoms with van der Waals surface area (Å²) in [6, 6.07) is 0. The summed E-state index contributed by atoms with van der Waals surface area (Å²) in [6.45, 7) is 4.55. The molecule has 0 aromatic rings. The zero-order chi connectivity index (χ0) is 27.8. The first-order valence-corrected chi connectivity index (χ1v) is 17.3. The molecule has 1 atom stereocenters. The quantitative estimate of drug-likeness (QED) is 0.0491. The molecule has 0 aliphatic carbocycles. The molecule has 0 aliphatic heterocycles. The number of ketones is 1. The molecule has 0 aromatic heterocycles. The second-order valence-electron chi connectivity index (χ2n) is 11.9. The highest BCUT2D eigenvalue weighted by Crippen LogP contribution is 2.17. The van der Waals surface area contributed by atoms with Crippen molar-refractivity contribution in [1.29, 1.82) is 0 Å². The van der Waals surface area contributed by atoms with E-state index in [4.69, 9.17) is 0 Å². The molecule has 0 rings (SSSR count). The lowest BCUT2D eigenvalue weighted by Crippen LogP contribution is -2.15. The molecule has 2 heteroatoms. The van der Waals surface area contributed by atoms with Crippen LogP contribution in [0.15, 0.2) is 12.2 Å². The minimum absolute atomic E-state index is 0.132. The normalized spacial score (nSPS) is 12.4. The van der Waals surface area contributed by atoms with E-state index in [0.29, 0.717) is 12.8 Å². The van der Waals surface area contributed by atoms with Gasteiger partial charge >= 0.3 is 0 Å². The van der Waals surface area contributed by atoms with E-state index in [9.17, 15) is 9.59 Å². The van der Waals surface area contributed by atoms with Gasteiger partial charge in [-0.05, 0) is 38.5 Å². The van der Waals surface area contributed by atoms with E-state index in [-0.39, 0.29) is 5.78 Å². The number of carbonyl (C=O) groups excluding carboxylic acids is 2. The van der Waals surface area contributed by atoms with Crippen LogP contribution in [0, 0.1) is 5.92 Å². The molecule has 0 N–H and O–H groups in total. The first-order valence-electron chi connectivity index (χ1n) is 17.3. The van der Waals surface area contributed by atoms with E-state index in [0.717, 1.165) is 25.7 Å². The summed E-state index contributed by atoms with van der Waals surface area (Å²) >= 11 is 0. The summed E-state index contributed by atoms with van der Waals surface area (Å²) < 4.78 is 0. The fraction of sp³-hybridized carbons (Fsp3) is 0.889. The van der Waals surface area contributed by atoms with Gasteiger partial charge < -0.3 is 0 Å². The number of unbranched alkanes of at least 4 members (excludes halogenated alkanes) is 24. The first-order chi connectivity index (χ1) is 18.8. The maximum Gasteiger partial charge on any atom is 0.209 e. The Morgan fingerprint density at radius 3 is 1.24 bits per heavy atom. The molecular formula is C36H67O2. The van der Waals surface area contributed by atoms with Crippen molar-refractivity contribution in [3.63, 3.8) is 0 Å². The third-order valence-corrected chi connectivity index (χ3v) is 8.06. The lowest BCUT2D eigenvalue weighted by atomic mass is 9.94. The van der Waals surface area contributed by atoms with E-state index in [2.05, 4.69) is 26.0 Å². The monoisotopic (exact) mass is 532 g/mol. The molecule has 0 spiro atoms. The van der Waals surface area contributed by atoms with E-state index in [1.54, 1.807) is 0 Å². The molecule has 0 heterocycles. The molecule has 0 bridgehead atoms. The standard InChI is InChI=1S/C36H67O2/c1-3-5-7-9-11-13-15-17-19-21-23-25-27-29-31-33-36(38)35(34-37)32-30-28-26-24-22-20-18-16-14-12-10-8-6-4-2/h17,19,35H,3-16,18,20-33H2,1-2H3/b19-17-. The van der Waals surface area contributed by atoms with Crippen molar-refractivity contribution in [2.45, 2.75) is 200 Å². The second kappa shape index (κ2) is 32.3. The zero-order valence-electron chi connectivity index (χ0n) is 26.1. The lowest BCUT2D eigenvalue weighted by molar-refractivity contribution is -0.121. The Morgan fingerprint density at radius 2 is 0.842 bits per heavy atom. The fourth-order valence-corrected chi connectivity index (χ4v) is 5.37. The van der Waals surface area contributed by atoms with Crippen LogP contribution in [0.2, 0.25) is 0 Å². The number of hydrogen-bond acceptors (Lipinski definition) is 2. The van der Waals surface area contributed by atoms with Gasteiger partial charge in [0, 0.05) is 6.42 Å². The van der Waals surface area contributed by atoms with E-state index < -0.39 is 5.92 Å². The van der Waals surface area contributed by atoms with Gasteiger partial charge in [0.15, 0.2) is 0 Å². The minimum Gasteiger partial charge on any atom is -0.299 e. The maximum atomic E-state index is 12.4. The van der Waals surface area contributed by atoms with Crippen LogP contribution in [0.3, 0.4) is 0 Å². The lowest BCUT2D eigenvalue weighted by Gasteiger charge is -2.09. The molecule has 223 valence electrons. The van der Waals surface area contributed by atoms with Gasteiger partial charge in [-0.25, -0.2) is 0 Å². The summed E-state index contributed by atoms with van der Waals surface area (Å²) in [7, 11) is 0. The highest BCUT2D eigenvalue weighted by atomic mass is 16.1. The number of Topliss-reactive ketones (excluding diaryl/α,β-unsaturated/α-hetero) is 1. The van der Waals surface area contributed by atoms with Crippen molar-refractivity contribution in [1.82, 2.24) is 0 Å². The number of rotatable bonds is 32. The van der Waals surface area contributed by atoms with Gasteiger partial charge in [-0.3, -0.25) is 9.59 Å². The molecule has 0 amide bonds. The predicted octanol–water partition coefficient (Wildman–Crippen LogP) is 12.2. The Labute approximate surface area is 239 Å². The Morgan fingerprint density at radius 1 is 0.500 bits per heavy atom. The molecule has 38 heavy (non-hydrogen) atoms. The molecular weight excluding hydrogens is 464 g/mol. The third kappa shape index (κ3) is 28.1. The maximum absolute atomic E-state index is 12.4. The third-order valence-electron chi connectivity index (χ3n) is 8.06. The summed E-state index contributed by atoms with van der Waals surface area (Å²) in [5, 5.41) is 0.